The predicted octanol–water partition coefficient (Wildman–Crippen LogP) is 3.48. The summed E-state index contributed by atoms with van der Waals surface area (Å²) in [5.41, 5.74) is 8.54. The number of aromatic nitrogens is 2. The van der Waals surface area contributed by atoms with Crippen LogP contribution in [0.5, 0.6) is 0 Å². The molecular weight excluding hydrogens is 470 g/mol. The van der Waals surface area contributed by atoms with Crippen LogP contribution in [0.3, 0.4) is 0 Å². The van der Waals surface area contributed by atoms with Crippen LogP contribution in [0, 0.1) is 5.92 Å². The summed E-state index contributed by atoms with van der Waals surface area (Å²) in [5.74, 6) is -1.29. The summed E-state index contributed by atoms with van der Waals surface area (Å²) >= 11 is 0. The molecule has 3 heterocycles. The summed E-state index contributed by atoms with van der Waals surface area (Å²) in [6.07, 6.45) is 10.6. The van der Waals surface area contributed by atoms with Crippen LogP contribution in [-0.2, 0) is 11.3 Å². The third-order valence-electron chi connectivity index (χ3n) is 7.70. The Morgan fingerprint density at radius 3 is 2.46 bits per heavy atom. The van der Waals surface area contributed by atoms with Crippen molar-refractivity contribution >= 4 is 28.8 Å². The van der Waals surface area contributed by atoms with E-state index in [1.807, 2.05) is 29.0 Å². The number of carboxylic acids is 1. The second kappa shape index (κ2) is 10.7. The number of fused-ring (bicyclic) bond motifs is 1. The normalized spacial score (nSPS) is 17.6. The second-order valence-electron chi connectivity index (χ2n) is 10.2. The number of carboxylic acid groups (broad SMARTS) is 1. The lowest BCUT2D eigenvalue weighted by Crippen LogP contribution is -2.44. The van der Waals surface area contributed by atoms with Gasteiger partial charge in [0.1, 0.15) is 5.65 Å². The lowest BCUT2D eigenvalue weighted by Gasteiger charge is -2.33. The number of nitrogens with two attached hydrogens (primary N) is 1. The van der Waals surface area contributed by atoms with E-state index in [2.05, 4.69) is 15.2 Å². The number of hydrogen-bond acceptors (Lipinski definition) is 5. The van der Waals surface area contributed by atoms with Crippen LogP contribution in [0.1, 0.15) is 71.2 Å². The van der Waals surface area contributed by atoms with E-state index >= 15 is 0 Å². The molecule has 37 heavy (non-hydrogen) atoms. The monoisotopic (exact) mass is 503 g/mol. The topological polar surface area (TPSA) is 131 Å². The molecule has 2 aliphatic rings. The molecule has 9 nitrogen and oxygen atoms in total. The molecule has 0 bridgehead atoms. The molecule has 2 amide bonds. The van der Waals surface area contributed by atoms with E-state index < -0.39 is 11.9 Å². The first-order valence-corrected chi connectivity index (χ1v) is 13.1. The van der Waals surface area contributed by atoms with E-state index in [0.717, 1.165) is 55.4 Å². The van der Waals surface area contributed by atoms with Gasteiger partial charge in [-0.25, -0.2) is 9.78 Å². The fourth-order valence-corrected chi connectivity index (χ4v) is 5.60. The van der Waals surface area contributed by atoms with Gasteiger partial charge in [0.15, 0.2) is 0 Å². The van der Waals surface area contributed by atoms with Crippen molar-refractivity contribution in [1.82, 2.24) is 19.8 Å². The molecule has 0 spiro atoms. The zero-order valence-electron chi connectivity index (χ0n) is 20.9. The zero-order chi connectivity index (χ0) is 25.9. The van der Waals surface area contributed by atoms with Gasteiger partial charge in [0, 0.05) is 41.8 Å². The molecule has 0 radical (unpaired) electrons. The number of nitrogens with zero attached hydrogens (tertiary/aromatic N) is 3. The Hall–Kier alpha value is -3.72. The quantitative estimate of drug-likeness (QED) is 0.452. The van der Waals surface area contributed by atoms with Gasteiger partial charge in [0.05, 0.1) is 11.3 Å². The van der Waals surface area contributed by atoms with Gasteiger partial charge >= 0.3 is 5.97 Å². The Balaban J connectivity index is 1.32. The Kier molecular flexibility index (Phi) is 7.23. The molecule has 2 fully saturated rings. The van der Waals surface area contributed by atoms with Gasteiger partial charge in [-0.15, -0.1) is 0 Å². The minimum absolute atomic E-state index is 0.0376. The highest BCUT2D eigenvalue weighted by molar-refractivity contribution is 5.94. The van der Waals surface area contributed by atoms with Crippen LogP contribution in [0.15, 0.2) is 42.7 Å². The molecule has 1 aliphatic heterocycles. The van der Waals surface area contributed by atoms with Crippen LogP contribution < -0.4 is 11.1 Å². The van der Waals surface area contributed by atoms with Gasteiger partial charge in [0.2, 0.25) is 11.8 Å². The first kappa shape index (κ1) is 25.0. The van der Waals surface area contributed by atoms with Crippen molar-refractivity contribution in [2.75, 3.05) is 13.1 Å². The van der Waals surface area contributed by atoms with Crippen LogP contribution in [0.4, 0.5) is 0 Å². The minimum Gasteiger partial charge on any atom is -0.478 e. The number of amides is 2. The average molecular weight is 504 g/mol. The molecular formula is C28H33N5O4. The van der Waals surface area contributed by atoms with Crippen molar-refractivity contribution in [3.05, 3.63) is 59.4 Å². The molecule has 2 aromatic heterocycles. The van der Waals surface area contributed by atoms with E-state index in [0.29, 0.717) is 23.8 Å². The maximum absolute atomic E-state index is 12.8. The Morgan fingerprint density at radius 2 is 1.76 bits per heavy atom. The van der Waals surface area contributed by atoms with Crippen molar-refractivity contribution in [2.24, 2.45) is 11.7 Å². The van der Waals surface area contributed by atoms with Crippen molar-refractivity contribution in [1.29, 1.82) is 0 Å². The van der Waals surface area contributed by atoms with E-state index in [9.17, 15) is 19.5 Å². The summed E-state index contributed by atoms with van der Waals surface area (Å²) in [5, 5.41) is 13.3. The van der Waals surface area contributed by atoms with Gasteiger partial charge < -0.3 is 20.7 Å². The van der Waals surface area contributed by atoms with Gasteiger partial charge in [-0.2, -0.15) is 0 Å². The SMILES string of the molecule is NC(=O)c1ccc(-n2ccc3cc(C(=O)O)cnc32)c(CN2CCC(C(=O)NC3CCCCC3)CC2)c1. The summed E-state index contributed by atoms with van der Waals surface area (Å²) in [7, 11) is 0. The molecule has 1 aliphatic carbocycles. The lowest BCUT2D eigenvalue weighted by atomic mass is 9.92. The first-order chi connectivity index (χ1) is 17.9. The number of carbonyl (C=O) groups is 3. The number of likely N-dealkylation sites (tertiary alicyclic amines) is 1. The molecule has 3 aromatic rings. The maximum atomic E-state index is 12.8. The molecule has 9 heteroatoms. The molecule has 1 saturated heterocycles. The number of piperidine rings is 1. The minimum atomic E-state index is -1.02. The van der Waals surface area contributed by atoms with Crippen molar-refractivity contribution in [3.8, 4) is 5.69 Å². The average Bonchev–Trinajstić information content (AvgIpc) is 3.32. The second-order valence-corrected chi connectivity index (χ2v) is 10.2. The Bertz CT molecular complexity index is 1320. The summed E-state index contributed by atoms with van der Waals surface area (Å²) in [6, 6.07) is 9.12. The van der Waals surface area contributed by atoms with Crippen LogP contribution >= 0.6 is 0 Å². The fourth-order valence-electron chi connectivity index (χ4n) is 5.60. The highest BCUT2D eigenvalue weighted by atomic mass is 16.4. The smallest absolute Gasteiger partial charge is 0.337 e. The number of benzene rings is 1. The van der Waals surface area contributed by atoms with Crippen LogP contribution in [0.2, 0.25) is 0 Å². The van der Waals surface area contributed by atoms with Gasteiger partial charge in [0.25, 0.3) is 0 Å². The highest BCUT2D eigenvalue weighted by Gasteiger charge is 2.27. The van der Waals surface area contributed by atoms with Gasteiger partial charge in [-0.3, -0.25) is 14.5 Å². The van der Waals surface area contributed by atoms with Crippen molar-refractivity contribution in [2.45, 2.75) is 57.5 Å². The van der Waals surface area contributed by atoms with E-state index in [1.165, 1.54) is 25.5 Å². The third kappa shape index (κ3) is 5.51. The number of hydrogen-bond donors (Lipinski definition) is 3. The lowest BCUT2D eigenvalue weighted by molar-refractivity contribution is -0.127. The Morgan fingerprint density at radius 1 is 1.00 bits per heavy atom. The van der Waals surface area contributed by atoms with Crippen molar-refractivity contribution in [3.63, 3.8) is 0 Å². The molecule has 1 saturated carbocycles. The Labute approximate surface area is 215 Å². The van der Waals surface area contributed by atoms with Gasteiger partial charge in [-0.1, -0.05) is 19.3 Å². The molecule has 0 unspecified atom stereocenters. The van der Waals surface area contributed by atoms with E-state index in [4.69, 9.17) is 5.73 Å². The summed E-state index contributed by atoms with van der Waals surface area (Å²) in [4.78, 5) is 42.8. The first-order valence-electron chi connectivity index (χ1n) is 13.1. The largest absolute Gasteiger partial charge is 0.478 e. The molecule has 194 valence electrons. The van der Waals surface area contributed by atoms with Crippen LogP contribution in [0.25, 0.3) is 16.7 Å². The predicted molar refractivity (Wildman–Crippen MR) is 140 cm³/mol. The maximum Gasteiger partial charge on any atom is 0.337 e. The molecule has 4 N–H and O–H groups in total. The third-order valence-corrected chi connectivity index (χ3v) is 7.70. The molecule has 5 rings (SSSR count). The number of pyridine rings is 1. The summed E-state index contributed by atoms with van der Waals surface area (Å²) < 4.78 is 1.91. The van der Waals surface area contributed by atoms with E-state index in [1.54, 1.807) is 12.1 Å². The van der Waals surface area contributed by atoms with Gasteiger partial charge in [-0.05, 0) is 74.7 Å². The van der Waals surface area contributed by atoms with Crippen molar-refractivity contribution < 1.29 is 19.5 Å². The summed E-state index contributed by atoms with van der Waals surface area (Å²) in [6.45, 7) is 2.17. The standard InChI is InChI=1S/C28H33N5O4/c29-25(34)19-6-7-24(33-13-10-20-15-21(28(36)37)16-30-26(20)33)22(14-19)17-32-11-8-18(9-12-32)27(35)31-23-4-2-1-3-5-23/h6-7,10,13-16,18,23H,1-5,8-9,11-12,17H2,(H2,29,34)(H,31,35)(H,36,37). The number of carbonyl (C=O) groups excluding carboxylic acids is 2. The number of rotatable bonds is 7. The fraction of sp³-hybridized carbons (Fsp3) is 0.429. The molecule has 1 aromatic carbocycles. The zero-order valence-corrected chi connectivity index (χ0v) is 20.9. The van der Waals surface area contributed by atoms with Crippen LogP contribution in [-0.4, -0.2) is 56.5 Å². The van der Waals surface area contributed by atoms with E-state index in [-0.39, 0.29) is 17.4 Å². The molecule has 0 atom stereocenters. The number of primary amides is 1. The number of aromatic carboxylic acids is 1. The number of nitrogens with one attached hydrogen (secondary N) is 1. The highest BCUT2D eigenvalue weighted by Crippen LogP contribution is 2.27.